The van der Waals surface area contributed by atoms with Crippen LogP contribution in [0.15, 0.2) is 48.5 Å². The Hall–Kier alpha value is -2.58. The molecule has 0 unspecified atom stereocenters. The van der Waals surface area contributed by atoms with Crippen molar-refractivity contribution < 1.29 is 33.0 Å². The van der Waals surface area contributed by atoms with E-state index in [0.29, 0.717) is 10.6 Å². The molecule has 27 heavy (non-hydrogen) atoms. The smallest absolute Gasteiger partial charge is 0.416 e. The van der Waals surface area contributed by atoms with Crippen molar-refractivity contribution in [3.63, 3.8) is 0 Å². The molecule has 5 nitrogen and oxygen atoms in total. The number of hydrogen-bond acceptors (Lipinski definition) is 3. The highest BCUT2D eigenvalue weighted by atomic mass is 35.5. The molecule has 0 saturated carbocycles. The number of carbonyl (C=O) groups is 2. The summed E-state index contributed by atoms with van der Waals surface area (Å²) in [5, 5.41) is 21.9. The first-order valence-corrected chi connectivity index (χ1v) is 8.08. The second-order valence-corrected chi connectivity index (χ2v) is 6.19. The van der Waals surface area contributed by atoms with Gasteiger partial charge < -0.3 is 15.5 Å². The number of benzene rings is 2. The summed E-state index contributed by atoms with van der Waals surface area (Å²) in [6.07, 6.45) is -6.44. The van der Waals surface area contributed by atoms with Crippen LogP contribution < -0.4 is 5.32 Å². The van der Waals surface area contributed by atoms with Gasteiger partial charge in [-0.05, 0) is 35.4 Å². The number of alkyl halides is 3. The van der Waals surface area contributed by atoms with E-state index in [1.165, 1.54) is 6.07 Å². The minimum Gasteiger partial charge on any atom is -0.480 e. The van der Waals surface area contributed by atoms with E-state index >= 15 is 0 Å². The second-order valence-electron chi connectivity index (χ2n) is 5.76. The second kappa shape index (κ2) is 8.41. The maximum atomic E-state index is 12.6. The van der Waals surface area contributed by atoms with Gasteiger partial charge in [-0.25, -0.2) is 4.79 Å². The monoisotopic (exact) mass is 401 g/mol. The standard InChI is InChI=1S/C18H15ClF3NO4/c19-13-3-1-2-10(8-13)9-14(17(26)27)23-16(25)15(24)11-4-6-12(7-5-11)18(20,21)22/h1-8,14-15,24H,9H2,(H,23,25)(H,26,27)/t14-,15-/m0/s1. The third kappa shape index (κ3) is 5.70. The van der Waals surface area contributed by atoms with E-state index in [9.17, 15) is 33.0 Å². The van der Waals surface area contributed by atoms with E-state index in [2.05, 4.69) is 5.32 Å². The van der Waals surface area contributed by atoms with Gasteiger partial charge in [0.25, 0.3) is 5.91 Å². The molecule has 3 N–H and O–H groups in total. The van der Waals surface area contributed by atoms with Gasteiger partial charge in [-0.3, -0.25) is 4.79 Å². The number of carbonyl (C=O) groups excluding carboxylic acids is 1. The fourth-order valence-corrected chi connectivity index (χ4v) is 2.57. The van der Waals surface area contributed by atoms with Crippen LogP contribution in [0.5, 0.6) is 0 Å². The molecular weight excluding hydrogens is 387 g/mol. The predicted octanol–water partition coefficient (Wildman–Crippen LogP) is 3.20. The van der Waals surface area contributed by atoms with Crippen molar-refractivity contribution in [2.24, 2.45) is 0 Å². The molecule has 2 rings (SSSR count). The van der Waals surface area contributed by atoms with Crippen LogP contribution in [0.3, 0.4) is 0 Å². The number of amides is 1. The summed E-state index contributed by atoms with van der Waals surface area (Å²) in [6.45, 7) is 0. The molecule has 0 fully saturated rings. The fourth-order valence-electron chi connectivity index (χ4n) is 2.36. The SMILES string of the molecule is O=C(O)[C@H](Cc1cccc(Cl)c1)NC(=O)[C@@H](O)c1ccc(C(F)(F)F)cc1. The number of halogens is 4. The lowest BCUT2D eigenvalue weighted by atomic mass is 10.0. The van der Waals surface area contributed by atoms with E-state index in [1.54, 1.807) is 18.2 Å². The van der Waals surface area contributed by atoms with Crippen LogP contribution in [0.4, 0.5) is 13.2 Å². The Bertz CT molecular complexity index is 824. The zero-order valence-electron chi connectivity index (χ0n) is 13.7. The van der Waals surface area contributed by atoms with E-state index in [1.807, 2.05) is 0 Å². The Labute approximate surface area is 157 Å². The lowest BCUT2D eigenvalue weighted by molar-refractivity contribution is -0.143. The largest absolute Gasteiger partial charge is 0.480 e. The molecule has 0 heterocycles. The molecule has 2 aromatic carbocycles. The van der Waals surface area contributed by atoms with Gasteiger partial charge >= 0.3 is 12.1 Å². The van der Waals surface area contributed by atoms with Crippen molar-refractivity contribution in [1.82, 2.24) is 5.32 Å². The minimum atomic E-state index is -4.54. The molecule has 0 spiro atoms. The van der Waals surface area contributed by atoms with Gasteiger partial charge in [-0.15, -0.1) is 0 Å². The molecule has 9 heteroatoms. The maximum absolute atomic E-state index is 12.6. The van der Waals surface area contributed by atoms with E-state index in [-0.39, 0.29) is 12.0 Å². The summed E-state index contributed by atoms with van der Waals surface area (Å²) in [7, 11) is 0. The third-order valence-corrected chi connectivity index (χ3v) is 3.98. The molecule has 0 aliphatic rings. The van der Waals surface area contributed by atoms with Gasteiger partial charge in [-0.1, -0.05) is 35.9 Å². The first-order chi connectivity index (χ1) is 12.6. The van der Waals surface area contributed by atoms with Crippen molar-refractivity contribution in [2.75, 3.05) is 0 Å². The fraction of sp³-hybridized carbons (Fsp3) is 0.222. The van der Waals surface area contributed by atoms with E-state index < -0.39 is 35.8 Å². The van der Waals surface area contributed by atoms with Crippen LogP contribution in [-0.2, 0) is 22.2 Å². The summed E-state index contributed by atoms with van der Waals surface area (Å²) in [6, 6.07) is 8.41. The summed E-state index contributed by atoms with van der Waals surface area (Å²) < 4.78 is 37.7. The molecule has 0 aliphatic carbocycles. The maximum Gasteiger partial charge on any atom is 0.416 e. The number of aliphatic hydroxyl groups is 1. The van der Waals surface area contributed by atoms with Crippen molar-refractivity contribution in [1.29, 1.82) is 0 Å². The lowest BCUT2D eigenvalue weighted by Gasteiger charge is -2.18. The topological polar surface area (TPSA) is 86.6 Å². The number of rotatable bonds is 6. The Morgan fingerprint density at radius 3 is 2.26 bits per heavy atom. The highest BCUT2D eigenvalue weighted by Gasteiger charge is 2.31. The number of aliphatic hydroxyl groups excluding tert-OH is 1. The van der Waals surface area contributed by atoms with E-state index in [0.717, 1.165) is 24.3 Å². The summed E-state index contributed by atoms with van der Waals surface area (Å²) in [5.41, 5.74) is -0.463. The van der Waals surface area contributed by atoms with Gasteiger partial charge in [0.1, 0.15) is 6.04 Å². The molecule has 2 aromatic rings. The molecule has 0 saturated heterocycles. The highest BCUT2D eigenvalue weighted by Crippen LogP contribution is 2.30. The van der Waals surface area contributed by atoms with Crippen LogP contribution in [0, 0.1) is 0 Å². The molecule has 0 aromatic heterocycles. The zero-order valence-corrected chi connectivity index (χ0v) is 14.5. The molecule has 0 aliphatic heterocycles. The van der Waals surface area contributed by atoms with Crippen molar-refractivity contribution in [2.45, 2.75) is 24.7 Å². The quantitative estimate of drug-likeness (QED) is 0.693. The van der Waals surface area contributed by atoms with Crippen LogP contribution in [-0.4, -0.2) is 28.1 Å². The predicted molar refractivity (Wildman–Crippen MR) is 91.1 cm³/mol. The molecule has 2 atom stereocenters. The Kier molecular flexibility index (Phi) is 6.45. The first kappa shape index (κ1) is 20.7. The van der Waals surface area contributed by atoms with Crippen LogP contribution in [0.1, 0.15) is 22.8 Å². The Balaban J connectivity index is 2.09. The van der Waals surface area contributed by atoms with Gasteiger partial charge in [0.2, 0.25) is 0 Å². The molecular formula is C18H15ClF3NO4. The Morgan fingerprint density at radius 1 is 1.11 bits per heavy atom. The average molecular weight is 402 g/mol. The number of aliphatic carboxylic acids is 1. The average Bonchev–Trinajstić information content (AvgIpc) is 2.59. The summed E-state index contributed by atoms with van der Waals surface area (Å²) >= 11 is 5.83. The molecule has 1 amide bonds. The summed E-state index contributed by atoms with van der Waals surface area (Å²) in [5.74, 6) is -2.37. The van der Waals surface area contributed by atoms with Crippen LogP contribution >= 0.6 is 11.6 Å². The van der Waals surface area contributed by atoms with Crippen molar-refractivity contribution in [3.05, 3.63) is 70.2 Å². The third-order valence-electron chi connectivity index (χ3n) is 3.75. The van der Waals surface area contributed by atoms with Gasteiger partial charge in [-0.2, -0.15) is 13.2 Å². The van der Waals surface area contributed by atoms with E-state index in [4.69, 9.17) is 11.6 Å². The van der Waals surface area contributed by atoms with Gasteiger partial charge in [0, 0.05) is 11.4 Å². The number of hydrogen-bond donors (Lipinski definition) is 3. The molecule has 0 bridgehead atoms. The van der Waals surface area contributed by atoms with Gasteiger partial charge in [0.05, 0.1) is 5.56 Å². The number of nitrogens with one attached hydrogen (secondary N) is 1. The molecule has 0 radical (unpaired) electrons. The normalized spacial score (nSPS) is 13.7. The lowest BCUT2D eigenvalue weighted by Crippen LogP contribution is -2.44. The van der Waals surface area contributed by atoms with Crippen molar-refractivity contribution in [3.8, 4) is 0 Å². The summed E-state index contributed by atoms with van der Waals surface area (Å²) in [4.78, 5) is 23.5. The van der Waals surface area contributed by atoms with Crippen LogP contribution in [0.25, 0.3) is 0 Å². The van der Waals surface area contributed by atoms with Gasteiger partial charge in [0.15, 0.2) is 6.10 Å². The van der Waals surface area contributed by atoms with Crippen molar-refractivity contribution >= 4 is 23.5 Å². The number of carboxylic acids is 1. The Morgan fingerprint density at radius 2 is 1.74 bits per heavy atom. The minimum absolute atomic E-state index is 0.0820. The first-order valence-electron chi connectivity index (χ1n) is 7.71. The highest BCUT2D eigenvalue weighted by molar-refractivity contribution is 6.30. The van der Waals surface area contributed by atoms with Crippen LogP contribution in [0.2, 0.25) is 5.02 Å². The zero-order chi connectivity index (χ0) is 20.2. The molecule has 144 valence electrons. The number of carboxylic acid groups (broad SMARTS) is 1.